The molecule has 24 heavy (non-hydrogen) atoms. The molecule has 126 valence electrons. The fraction of sp³-hybridized carbons (Fsp3) is 0.278. The summed E-state index contributed by atoms with van der Waals surface area (Å²) in [6, 6.07) is 12.6. The number of hydrogen-bond acceptors (Lipinski definition) is 4. The first-order chi connectivity index (χ1) is 11.7. The molecule has 2 N–H and O–H groups in total. The van der Waals surface area contributed by atoms with E-state index in [-0.39, 0.29) is 24.7 Å². The molecule has 0 fully saturated rings. The summed E-state index contributed by atoms with van der Waals surface area (Å²) in [5.41, 5.74) is 1.46. The van der Waals surface area contributed by atoms with Gasteiger partial charge in [-0.3, -0.25) is 14.6 Å². The highest BCUT2D eigenvalue weighted by Crippen LogP contribution is 2.15. The summed E-state index contributed by atoms with van der Waals surface area (Å²) < 4.78 is 5.34. The summed E-state index contributed by atoms with van der Waals surface area (Å²) in [7, 11) is 0. The van der Waals surface area contributed by atoms with Gasteiger partial charge in [0.15, 0.2) is 0 Å². The molecule has 6 nitrogen and oxygen atoms in total. The number of carbonyl (C=O) groups excluding carboxylic acids is 2. The highest BCUT2D eigenvalue weighted by Gasteiger charge is 2.07. The van der Waals surface area contributed by atoms with Crippen molar-refractivity contribution < 1.29 is 14.3 Å². The Morgan fingerprint density at radius 1 is 1.04 bits per heavy atom. The first-order valence-electron chi connectivity index (χ1n) is 7.86. The maximum atomic E-state index is 11.9. The number of benzene rings is 1. The molecule has 0 saturated heterocycles. The summed E-state index contributed by atoms with van der Waals surface area (Å²) in [6.07, 6.45) is 1.93. The predicted molar refractivity (Wildman–Crippen MR) is 91.6 cm³/mol. The standard InChI is InChI=1S/C18H21N3O3/c1-2-24-16-8-6-14(7-9-16)21-18(23)11-10-17(22)20-13-15-5-3-4-12-19-15/h3-9,12H,2,10-11,13H2,1H3,(H,20,22)(H,21,23). The molecule has 0 aliphatic rings. The second-order valence-corrected chi connectivity index (χ2v) is 5.10. The van der Waals surface area contributed by atoms with E-state index in [4.69, 9.17) is 4.74 Å². The monoisotopic (exact) mass is 327 g/mol. The van der Waals surface area contributed by atoms with Crippen LogP contribution in [0.1, 0.15) is 25.5 Å². The normalized spacial score (nSPS) is 10.0. The lowest BCUT2D eigenvalue weighted by molar-refractivity contribution is -0.124. The van der Waals surface area contributed by atoms with Crippen LogP contribution in [-0.2, 0) is 16.1 Å². The molecule has 1 aromatic carbocycles. The van der Waals surface area contributed by atoms with E-state index >= 15 is 0 Å². The first-order valence-corrected chi connectivity index (χ1v) is 7.86. The van der Waals surface area contributed by atoms with Crippen molar-refractivity contribution in [2.24, 2.45) is 0 Å². The van der Waals surface area contributed by atoms with Crippen LogP contribution in [0.5, 0.6) is 5.75 Å². The lowest BCUT2D eigenvalue weighted by Crippen LogP contribution is -2.24. The summed E-state index contributed by atoms with van der Waals surface area (Å²) in [5, 5.41) is 5.50. The second-order valence-electron chi connectivity index (χ2n) is 5.10. The Hall–Kier alpha value is -2.89. The molecule has 0 radical (unpaired) electrons. The Bertz CT molecular complexity index is 657. The topological polar surface area (TPSA) is 80.3 Å². The van der Waals surface area contributed by atoms with Crippen molar-refractivity contribution in [3.05, 3.63) is 54.4 Å². The van der Waals surface area contributed by atoms with Gasteiger partial charge in [-0.2, -0.15) is 0 Å². The SMILES string of the molecule is CCOc1ccc(NC(=O)CCC(=O)NCc2ccccn2)cc1. The number of aromatic nitrogens is 1. The van der Waals surface area contributed by atoms with Crippen molar-refractivity contribution in [2.45, 2.75) is 26.3 Å². The van der Waals surface area contributed by atoms with Crippen molar-refractivity contribution in [1.82, 2.24) is 10.3 Å². The highest BCUT2D eigenvalue weighted by atomic mass is 16.5. The van der Waals surface area contributed by atoms with Crippen LogP contribution in [0.25, 0.3) is 0 Å². The van der Waals surface area contributed by atoms with Crippen molar-refractivity contribution in [3.8, 4) is 5.75 Å². The third-order valence-corrected chi connectivity index (χ3v) is 3.22. The van der Waals surface area contributed by atoms with Crippen LogP contribution in [0, 0.1) is 0 Å². The van der Waals surface area contributed by atoms with E-state index < -0.39 is 0 Å². The summed E-state index contributed by atoms with van der Waals surface area (Å²) in [5.74, 6) is 0.374. The number of ether oxygens (including phenoxy) is 1. The van der Waals surface area contributed by atoms with Gasteiger partial charge < -0.3 is 15.4 Å². The number of carbonyl (C=O) groups is 2. The fourth-order valence-electron chi connectivity index (χ4n) is 2.03. The van der Waals surface area contributed by atoms with Crippen molar-refractivity contribution in [2.75, 3.05) is 11.9 Å². The molecule has 1 aromatic heterocycles. The van der Waals surface area contributed by atoms with Crippen molar-refractivity contribution in [3.63, 3.8) is 0 Å². The zero-order valence-electron chi connectivity index (χ0n) is 13.6. The summed E-state index contributed by atoms with van der Waals surface area (Å²) in [4.78, 5) is 27.7. The van der Waals surface area contributed by atoms with Gasteiger partial charge in [-0.25, -0.2) is 0 Å². The molecule has 1 heterocycles. The molecular formula is C18H21N3O3. The van der Waals surface area contributed by atoms with Crippen LogP contribution in [0.3, 0.4) is 0 Å². The molecule has 0 aliphatic heterocycles. The van der Waals surface area contributed by atoms with Gasteiger partial charge in [-0.15, -0.1) is 0 Å². The number of anilines is 1. The van der Waals surface area contributed by atoms with Gasteiger partial charge in [0.1, 0.15) is 5.75 Å². The smallest absolute Gasteiger partial charge is 0.224 e. The lowest BCUT2D eigenvalue weighted by atomic mass is 10.2. The average molecular weight is 327 g/mol. The van der Waals surface area contributed by atoms with E-state index in [1.54, 1.807) is 30.5 Å². The highest BCUT2D eigenvalue weighted by molar-refractivity contribution is 5.93. The van der Waals surface area contributed by atoms with Gasteiger partial charge in [0.25, 0.3) is 0 Å². The number of nitrogens with one attached hydrogen (secondary N) is 2. The Morgan fingerprint density at radius 3 is 2.46 bits per heavy atom. The summed E-state index contributed by atoms with van der Waals surface area (Å²) in [6.45, 7) is 2.87. The number of pyridine rings is 1. The number of rotatable bonds is 8. The van der Waals surface area contributed by atoms with Crippen molar-refractivity contribution >= 4 is 17.5 Å². The van der Waals surface area contributed by atoms with Gasteiger partial charge in [0.05, 0.1) is 18.8 Å². The number of nitrogens with zero attached hydrogens (tertiary/aromatic N) is 1. The molecule has 2 rings (SSSR count). The van der Waals surface area contributed by atoms with E-state index in [1.165, 1.54) is 0 Å². The van der Waals surface area contributed by atoms with E-state index in [1.807, 2.05) is 25.1 Å². The minimum Gasteiger partial charge on any atom is -0.494 e. The molecule has 0 saturated carbocycles. The maximum Gasteiger partial charge on any atom is 0.224 e. The molecule has 0 atom stereocenters. The molecule has 2 aromatic rings. The molecule has 0 spiro atoms. The lowest BCUT2D eigenvalue weighted by Gasteiger charge is -2.07. The minimum atomic E-state index is -0.202. The molecule has 2 amide bonds. The van der Waals surface area contributed by atoms with E-state index in [2.05, 4.69) is 15.6 Å². The van der Waals surface area contributed by atoms with Gasteiger partial charge in [0, 0.05) is 24.7 Å². The number of amides is 2. The molecule has 6 heteroatoms. The fourth-order valence-corrected chi connectivity index (χ4v) is 2.03. The Labute approximate surface area is 141 Å². The first kappa shape index (κ1) is 17.5. The zero-order valence-corrected chi connectivity index (χ0v) is 13.6. The second kappa shape index (κ2) is 9.29. The maximum absolute atomic E-state index is 11.9. The van der Waals surface area contributed by atoms with E-state index in [0.717, 1.165) is 11.4 Å². The largest absolute Gasteiger partial charge is 0.494 e. The third kappa shape index (κ3) is 6.08. The zero-order chi connectivity index (χ0) is 17.2. The Balaban J connectivity index is 1.69. The summed E-state index contributed by atoms with van der Waals surface area (Å²) >= 11 is 0. The third-order valence-electron chi connectivity index (χ3n) is 3.22. The van der Waals surface area contributed by atoms with Crippen LogP contribution in [0.2, 0.25) is 0 Å². The van der Waals surface area contributed by atoms with Gasteiger partial charge in [0.2, 0.25) is 11.8 Å². The van der Waals surface area contributed by atoms with Crippen LogP contribution in [-0.4, -0.2) is 23.4 Å². The molecular weight excluding hydrogens is 306 g/mol. The molecule has 0 aliphatic carbocycles. The van der Waals surface area contributed by atoms with Crippen molar-refractivity contribution in [1.29, 1.82) is 0 Å². The van der Waals surface area contributed by atoms with Crippen LogP contribution >= 0.6 is 0 Å². The Kier molecular flexibility index (Phi) is 6.76. The van der Waals surface area contributed by atoms with Gasteiger partial charge in [-0.05, 0) is 43.3 Å². The van der Waals surface area contributed by atoms with Crippen LogP contribution in [0.15, 0.2) is 48.7 Å². The van der Waals surface area contributed by atoms with Gasteiger partial charge in [-0.1, -0.05) is 6.07 Å². The van der Waals surface area contributed by atoms with Crippen LogP contribution in [0.4, 0.5) is 5.69 Å². The minimum absolute atomic E-state index is 0.126. The Morgan fingerprint density at radius 2 is 1.79 bits per heavy atom. The average Bonchev–Trinajstić information content (AvgIpc) is 2.61. The number of hydrogen-bond donors (Lipinski definition) is 2. The molecule has 0 bridgehead atoms. The van der Waals surface area contributed by atoms with Crippen LogP contribution < -0.4 is 15.4 Å². The quantitative estimate of drug-likeness (QED) is 0.781. The van der Waals surface area contributed by atoms with Gasteiger partial charge >= 0.3 is 0 Å². The predicted octanol–water partition coefficient (Wildman–Crippen LogP) is 2.52. The molecule has 0 unspecified atom stereocenters. The van der Waals surface area contributed by atoms with E-state index in [9.17, 15) is 9.59 Å². The van der Waals surface area contributed by atoms with E-state index in [0.29, 0.717) is 18.8 Å².